The number of benzene rings is 3. The number of nitrogens with one attached hydrogen (secondary N) is 1. The molecule has 1 aliphatic heterocycles. The summed E-state index contributed by atoms with van der Waals surface area (Å²) < 4.78 is 62.7. The Morgan fingerprint density at radius 3 is 2.37 bits per heavy atom. The minimum Gasteiger partial charge on any atom is -0.308 e. The molecule has 218 valence electrons. The lowest BCUT2D eigenvalue weighted by Gasteiger charge is -2.26. The number of nitrogens with zero attached hydrogens (tertiary/aromatic N) is 3. The number of amides is 2. The second-order valence-electron chi connectivity index (χ2n) is 9.95. The number of carbonyl (C=O) groups is 1. The highest BCUT2D eigenvalue weighted by Gasteiger charge is 2.34. The predicted octanol–water partition coefficient (Wildman–Crippen LogP) is 6.76. The number of carbonyl (C=O) groups excluding carboxylic acids is 1. The Kier molecular flexibility index (Phi) is 11.0. The zero-order valence-corrected chi connectivity index (χ0v) is 23.9. The molecule has 3 aromatic rings. The Hall–Kier alpha value is -3.75. The monoisotopic (exact) mass is 588 g/mol. The number of hydrogen-bond donors (Lipinski definition) is 1. The summed E-state index contributed by atoms with van der Waals surface area (Å²) in [7, 11) is -0.611. The number of urea groups is 1. The number of hydrogen-bond acceptors (Lipinski definition) is 4. The molecule has 1 aliphatic rings. The molecule has 1 unspecified atom stereocenters. The number of rotatable bonds is 6. The third-order valence-electron chi connectivity index (χ3n) is 6.42. The lowest BCUT2D eigenvalue weighted by atomic mass is 10.0. The quantitative estimate of drug-likeness (QED) is 0.323. The van der Waals surface area contributed by atoms with Crippen LogP contribution in [0, 0.1) is 23.1 Å². The van der Waals surface area contributed by atoms with Crippen molar-refractivity contribution < 1.29 is 26.6 Å². The van der Waals surface area contributed by atoms with Crippen molar-refractivity contribution in [1.29, 1.82) is 5.26 Å². The molecule has 1 saturated heterocycles. The van der Waals surface area contributed by atoms with Crippen molar-refractivity contribution >= 4 is 28.2 Å². The van der Waals surface area contributed by atoms with Crippen LogP contribution in [0.25, 0.3) is 11.1 Å². The zero-order valence-electron chi connectivity index (χ0n) is 23.0. The Balaban J connectivity index is 0.00000108. The van der Waals surface area contributed by atoms with E-state index in [-0.39, 0.29) is 5.69 Å². The molecule has 2 amide bonds. The molecule has 41 heavy (non-hydrogen) atoms. The molecule has 1 atom stereocenters. The fourth-order valence-electron chi connectivity index (χ4n) is 4.43. The molecule has 6 nitrogen and oxygen atoms in total. The summed E-state index contributed by atoms with van der Waals surface area (Å²) in [6.07, 6.45) is -0.534. The highest BCUT2D eigenvalue weighted by Crippen LogP contribution is 2.33. The maximum Gasteiger partial charge on any atom is 0.419 e. The molecule has 4 rings (SSSR count). The van der Waals surface area contributed by atoms with Crippen LogP contribution in [0.1, 0.15) is 24.5 Å². The smallest absolute Gasteiger partial charge is 0.308 e. The maximum absolute atomic E-state index is 13.7. The van der Waals surface area contributed by atoms with Crippen molar-refractivity contribution in [1.82, 2.24) is 4.90 Å². The van der Waals surface area contributed by atoms with E-state index in [4.69, 9.17) is 5.26 Å². The van der Waals surface area contributed by atoms with Gasteiger partial charge in [0, 0.05) is 54.3 Å². The summed E-state index contributed by atoms with van der Waals surface area (Å²) in [5.74, 6) is -0.840. The second-order valence-corrected chi connectivity index (χ2v) is 11.4. The van der Waals surface area contributed by atoms with Crippen molar-refractivity contribution in [2.75, 3.05) is 48.9 Å². The van der Waals surface area contributed by atoms with Gasteiger partial charge in [0.05, 0.1) is 17.2 Å². The fourth-order valence-corrected chi connectivity index (χ4v) is 4.43. The first kappa shape index (κ1) is 31.8. The Morgan fingerprint density at radius 1 is 1.10 bits per heavy atom. The van der Waals surface area contributed by atoms with E-state index in [1.807, 2.05) is 18.2 Å². The number of likely N-dealkylation sites (tertiary alicyclic amines) is 1. The average Bonchev–Trinajstić information content (AvgIpc) is 3.34. The molecule has 0 radical (unpaired) electrons. The molecular weight excluding hydrogens is 556 g/mol. The Morgan fingerprint density at radius 2 is 1.78 bits per heavy atom. The van der Waals surface area contributed by atoms with Gasteiger partial charge in [0.2, 0.25) is 0 Å². The van der Waals surface area contributed by atoms with Crippen LogP contribution in [0.3, 0.4) is 0 Å². The van der Waals surface area contributed by atoms with Gasteiger partial charge in [0.25, 0.3) is 0 Å². The standard InChI is InChI=1S/C28H26F4N4O.C2H6OS/c1-19-11-12-35(18-19)13-14-36(27(37)34-23-7-10-26(29)25(16-23)28(30,31)32)24-8-5-21(6-9-24)22-4-2-3-20(15-22)17-33;1-4(2)3/h2-10,15-16,19H,11-14,18H2,1H3,(H,34,37);1-2H3. The van der Waals surface area contributed by atoms with Crippen molar-refractivity contribution in [3.63, 3.8) is 0 Å². The SMILES string of the molecule is CC1CCN(CCN(C(=O)Nc2ccc(F)c(C(F)(F)F)c2)c2ccc(-c3cccc(C#N)c3)cc2)C1.CS(C)=O. The molecule has 0 spiro atoms. The summed E-state index contributed by atoms with van der Waals surface area (Å²) >= 11 is 0. The molecule has 1 fully saturated rings. The largest absolute Gasteiger partial charge is 0.419 e. The number of nitriles is 1. The van der Waals surface area contributed by atoms with E-state index in [9.17, 15) is 26.6 Å². The summed E-state index contributed by atoms with van der Waals surface area (Å²) in [5.41, 5.74) is 1.19. The van der Waals surface area contributed by atoms with E-state index in [1.165, 1.54) is 4.90 Å². The van der Waals surface area contributed by atoms with Crippen LogP contribution in [0.5, 0.6) is 0 Å². The number of anilines is 2. The summed E-state index contributed by atoms with van der Waals surface area (Å²) in [4.78, 5) is 17.0. The lowest BCUT2D eigenvalue weighted by Crippen LogP contribution is -2.40. The minimum absolute atomic E-state index is 0.150. The molecule has 3 aromatic carbocycles. The van der Waals surface area contributed by atoms with Crippen molar-refractivity contribution in [3.8, 4) is 17.2 Å². The Bertz CT molecular complexity index is 1400. The highest BCUT2D eigenvalue weighted by atomic mass is 32.2. The van der Waals surface area contributed by atoms with Crippen LogP contribution < -0.4 is 10.2 Å². The summed E-state index contributed by atoms with van der Waals surface area (Å²) in [6, 6.07) is 18.2. The van der Waals surface area contributed by atoms with Gasteiger partial charge in [0.15, 0.2) is 0 Å². The van der Waals surface area contributed by atoms with Gasteiger partial charge < -0.3 is 10.2 Å². The van der Waals surface area contributed by atoms with Crippen molar-refractivity contribution in [2.45, 2.75) is 19.5 Å². The predicted molar refractivity (Wildman–Crippen MR) is 155 cm³/mol. The van der Waals surface area contributed by atoms with E-state index in [0.717, 1.165) is 36.7 Å². The van der Waals surface area contributed by atoms with Crippen LogP contribution in [-0.4, -0.2) is 53.8 Å². The van der Waals surface area contributed by atoms with Crippen LogP contribution in [0.15, 0.2) is 66.7 Å². The van der Waals surface area contributed by atoms with Gasteiger partial charge in [-0.05, 0) is 72.5 Å². The van der Waals surface area contributed by atoms with Gasteiger partial charge in [0.1, 0.15) is 5.82 Å². The zero-order chi connectivity index (χ0) is 30.2. The molecule has 0 aromatic heterocycles. The van der Waals surface area contributed by atoms with Crippen LogP contribution in [0.4, 0.5) is 33.7 Å². The highest BCUT2D eigenvalue weighted by molar-refractivity contribution is 7.83. The fraction of sp³-hybridized carbons (Fsp3) is 0.333. The summed E-state index contributed by atoms with van der Waals surface area (Å²) in [5, 5.41) is 11.7. The van der Waals surface area contributed by atoms with E-state index >= 15 is 0 Å². The van der Waals surface area contributed by atoms with Crippen molar-refractivity contribution in [3.05, 3.63) is 83.7 Å². The van der Waals surface area contributed by atoms with Crippen molar-refractivity contribution in [2.24, 2.45) is 5.92 Å². The molecule has 1 heterocycles. The van der Waals surface area contributed by atoms with E-state index in [0.29, 0.717) is 42.4 Å². The Labute approximate surface area is 240 Å². The number of halogens is 4. The van der Waals surface area contributed by atoms with Gasteiger partial charge >= 0.3 is 12.2 Å². The first-order valence-electron chi connectivity index (χ1n) is 12.9. The van der Waals surface area contributed by atoms with Gasteiger partial charge in [-0.2, -0.15) is 18.4 Å². The third kappa shape index (κ3) is 9.40. The van der Waals surface area contributed by atoms with E-state index < -0.39 is 34.4 Å². The normalized spacial score (nSPS) is 15.1. The average molecular weight is 589 g/mol. The second kappa shape index (κ2) is 14.2. The van der Waals surface area contributed by atoms with Gasteiger partial charge in [-0.1, -0.05) is 31.2 Å². The molecule has 0 bridgehead atoms. The lowest BCUT2D eigenvalue weighted by molar-refractivity contribution is -0.139. The van der Waals surface area contributed by atoms with Crippen LogP contribution >= 0.6 is 0 Å². The minimum atomic E-state index is -4.88. The van der Waals surface area contributed by atoms with Crippen LogP contribution in [0.2, 0.25) is 0 Å². The first-order valence-corrected chi connectivity index (χ1v) is 14.9. The van der Waals surface area contributed by atoms with Gasteiger partial charge in [-0.15, -0.1) is 0 Å². The summed E-state index contributed by atoms with van der Waals surface area (Å²) in [6.45, 7) is 4.90. The third-order valence-corrected chi connectivity index (χ3v) is 6.42. The van der Waals surface area contributed by atoms with E-state index in [2.05, 4.69) is 23.2 Å². The van der Waals surface area contributed by atoms with Crippen LogP contribution in [-0.2, 0) is 17.0 Å². The topological polar surface area (TPSA) is 76.4 Å². The number of alkyl halides is 3. The molecule has 11 heteroatoms. The molecule has 0 saturated carbocycles. The molecule has 1 N–H and O–H groups in total. The van der Waals surface area contributed by atoms with Gasteiger partial charge in [-0.25, -0.2) is 9.18 Å². The van der Waals surface area contributed by atoms with E-state index in [1.54, 1.807) is 42.8 Å². The molecule has 0 aliphatic carbocycles. The first-order chi connectivity index (χ1) is 19.4. The molecular formula is C30H32F4N4O2S. The maximum atomic E-state index is 13.7. The van der Waals surface area contributed by atoms with Gasteiger partial charge in [-0.3, -0.25) is 9.11 Å².